The Balaban J connectivity index is 1.59. The zero-order valence-corrected chi connectivity index (χ0v) is 19.4. The summed E-state index contributed by atoms with van der Waals surface area (Å²) in [4.78, 5) is 17.5. The number of anilines is 1. The van der Waals surface area contributed by atoms with Gasteiger partial charge in [0.05, 0.1) is 11.2 Å². The molecular weight excluding hydrogens is 400 g/mol. The van der Waals surface area contributed by atoms with Gasteiger partial charge < -0.3 is 10.1 Å². The average molecular weight is 429 g/mol. The number of aromatic nitrogens is 3. The van der Waals surface area contributed by atoms with Crippen LogP contribution in [0.15, 0.2) is 42.5 Å². The van der Waals surface area contributed by atoms with E-state index >= 15 is 0 Å². The van der Waals surface area contributed by atoms with E-state index in [-0.39, 0.29) is 12.5 Å². The van der Waals surface area contributed by atoms with Crippen molar-refractivity contribution in [3.05, 3.63) is 76.0 Å². The van der Waals surface area contributed by atoms with Crippen LogP contribution in [0.3, 0.4) is 0 Å². The molecule has 1 amide bonds. The first-order valence-corrected chi connectivity index (χ1v) is 10.7. The van der Waals surface area contributed by atoms with Gasteiger partial charge in [0.15, 0.2) is 12.4 Å². The lowest BCUT2D eigenvalue weighted by Crippen LogP contribution is -2.22. The molecule has 0 atom stereocenters. The second-order valence-electron chi connectivity index (χ2n) is 8.39. The number of hydrogen-bond donors (Lipinski definition) is 1. The molecule has 1 N–H and O–H groups in total. The van der Waals surface area contributed by atoms with Gasteiger partial charge >= 0.3 is 0 Å². The molecular formula is C26H28N4O2. The van der Waals surface area contributed by atoms with E-state index in [9.17, 15) is 4.79 Å². The van der Waals surface area contributed by atoms with Crippen LogP contribution >= 0.6 is 0 Å². The van der Waals surface area contributed by atoms with Crippen molar-refractivity contribution in [1.82, 2.24) is 14.8 Å². The molecule has 0 saturated heterocycles. The molecule has 0 radical (unpaired) electrons. The maximum Gasteiger partial charge on any atom is 0.263 e. The number of nitrogens with one attached hydrogen (secondary N) is 1. The first-order chi connectivity index (χ1) is 15.2. The number of carbonyl (C=O) groups excluding carboxylic acids is 1. The van der Waals surface area contributed by atoms with Gasteiger partial charge in [-0.2, -0.15) is 9.78 Å². The highest BCUT2D eigenvalue weighted by Gasteiger charge is 2.15. The van der Waals surface area contributed by atoms with E-state index < -0.39 is 0 Å². The van der Waals surface area contributed by atoms with Crippen LogP contribution < -0.4 is 10.1 Å². The number of rotatable bonds is 5. The zero-order valence-electron chi connectivity index (χ0n) is 19.4. The fourth-order valence-corrected chi connectivity index (χ4v) is 3.89. The second kappa shape index (κ2) is 8.46. The number of ether oxygens (including phenoxy) is 1. The first-order valence-electron chi connectivity index (χ1n) is 10.7. The van der Waals surface area contributed by atoms with Crippen molar-refractivity contribution in [2.45, 2.75) is 41.5 Å². The van der Waals surface area contributed by atoms with Crippen LogP contribution in [-0.4, -0.2) is 27.3 Å². The maximum absolute atomic E-state index is 12.7. The first kappa shape index (κ1) is 21.6. The summed E-state index contributed by atoms with van der Waals surface area (Å²) in [6, 6.07) is 14.0. The molecule has 4 aromatic rings. The lowest BCUT2D eigenvalue weighted by Gasteiger charge is -2.13. The Morgan fingerprint density at radius 2 is 1.75 bits per heavy atom. The molecule has 0 aliphatic carbocycles. The Labute approximate surface area is 188 Å². The molecule has 164 valence electrons. The predicted molar refractivity (Wildman–Crippen MR) is 128 cm³/mol. The van der Waals surface area contributed by atoms with E-state index in [1.54, 1.807) is 4.68 Å². The van der Waals surface area contributed by atoms with E-state index in [4.69, 9.17) is 9.72 Å². The number of para-hydroxylation sites is 1. The number of amides is 1. The topological polar surface area (TPSA) is 69.0 Å². The smallest absolute Gasteiger partial charge is 0.263 e. The van der Waals surface area contributed by atoms with Gasteiger partial charge in [0.2, 0.25) is 0 Å². The number of aryl methyl sites for hydroxylation is 5. The predicted octanol–water partition coefficient (Wildman–Crippen LogP) is 5.29. The maximum atomic E-state index is 12.7. The van der Waals surface area contributed by atoms with Crippen molar-refractivity contribution >= 4 is 22.6 Å². The van der Waals surface area contributed by atoms with Crippen LogP contribution in [-0.2, 0) is 4.79 Å². The summed E-state index contributed by atoms with van der Waals surface area (Å²) in [7, 11) is 0. The molecule has 6 heteroatoms. The van der Waals surface area contributed by atoms with Gasteiger partial charge in [-0.1, -0.05) is 24.3 Å². The summed E-state index contributed by atoms with van der Waals surface area (Å²) in [5, 5.41) is 8.60. The summed E-state index contributed by atoms with van der Waals surface area (Å²) in [5.41, 5.74) is 7.20. The third kappa shape index (κ3) is 4.21. The summed E-state index contributed by atoms with van der Waals surface area (Å²) < 4.78 is 7.49. The monoisotopic (exact) mass is 428 g/mol. The molecule has 2 heterocycles. The molecule has 0 aliphatic heterocycles. The average Bonchev–Trinajstić information content (AvgIpc) is 3.10. The fraction of sp³-hybridized carbons (Fsp3) is 0.269. The summed E-state index contributed by atoms with van der Waals surface area (Å²) >= 11 is 0. The highest BCUT2D eigenvalue weighted by molar-refractivity contribution is 5.91. The van der Waals surface area contributed by atoms with Gasteiger partial charge in [0.25, 0.3) is 5.91 Å². The number of benzene rings is 2. The van der Waals surface area contributed by atoms with Gasteiger partial charge in [-0.05, 0) is 81.5 Å². The molecule has 0 spiro atoms. The molecule has 2 aromatic carbocycles. The minimum atomic E-state index is -0.251. The van der Waals surface area contributed by atoms with Crippen LogP contribution in [0.1, 0.15) is 33.5 Å². The largest absolute Gasteiger partial charge is 0.483 e. The molecule has 0 fully saturated rings. The van der Waals surface area contributed by atoms with Gasteiger partial charge in [-0.25, -0.2) is 4.98 Å². The number of hydrogen-bond acceptors (Lipinski definition) is 4. The number of carbonyl (C=O) groups is 1. The Hall–Kier alpha value is -3.67. The lowest BCUT2D eigenvalue weighted by atomic mass is 10.1. The summed E-state index contributed by atoms with van der Waals surface area (Å²) in [5.74, 6) is 1.70. The van der Waals surface area contributed by atoms with Crippen molar-refractivity contribution in [3.8, 4) is 11.6 Å². The summed E-state index contributed by atoms with van der Waals surface area (Å²) in [6.07, 6.45) is 0. The SMILES string of the molecule is Cc1cc(C)c(C)c(OCC(=O)Nc2cc(C)nn2-c2cc(C)c3cccc(C)c3n2)c1. The molecule has 4 rings (SSSR count). The minimum absolute atomic E-state index is 0.0861. The van der Waals surface area contributed by atoms with Crippen molar-refractivity contribution in [2.24, 2.45) is 0 Å². The third-order valence-corrected chi connectivity index (χ3v) is 5.67. The minimum Gasteiger partial charge on any atom is -0.483 e. The van der Waals surface area contributed by atoms with Crippen LogP contribution in [0.5, 0.6) is 5.75 Å². The van der Waals surface area contributed by atoms with Crippen LogP contribution in [0.25, 0.3) is 16.7 Å². The quantitative estimate of drug-likeness (QED) is 0.469. The van der Waals surface area contributed by atoms with Gasteiger partial charge in [0.1, 0.15) is 11.6 Å². The Morgan fingerprint density at radius 3 is 2.53 bits per heavy atom. The van der Waals surface area contributed by atoms with E-state index in [2.05, 4.69) is 29.5 Å². The van der Waals surface area contributed by atoms with Gasteiger partial charge in [-0.3, -0.25) is 4.79 Å². The highest BCUT2D eigenvalue weighted by atomic mass is 16.5. The third-order valence-electron chi connectivity index (χ3n) is 5.67. The standard InChI is InChI=1S/C26H28N4O2/c1-15-10-17(3)20(6)22(11-15)32-14-25(31)27-24-13-19(5)29-30(24)23-12-18(4)21-9-7-8-16(2)26(21)28-23/h7-13H,14H2,1-6H3,(H,27,31). The van der Waals surface area contributed by atoms with Crippen molar-refractivity contribution in [2.75, 3.05) is 11.9 Å². The van der Waals surface area contributed by atoms with E-state index in [1.807, 2.05) is 65.0 Å². The van der Waals surface area contributed by atoms with E-state index in [0.717, 1.165) is 50.2 Å². The normalized spacial score (nSPS) is 11.1. The van der Waals surface area contributed by atoms with Gasteiger partial charge in [-0.15, -0.1) is 0 Å². The molecule has 0 bridgehead atoms. The van der Waals surface area contributed by atoms with Crippen LogP contribution in [0, 0.1) is 41.5 Å². The number of pyridine rings is 1. The Bertz CT molecular complexity index is 1340. The number of fused-ring (bicyclic) bond motifs is 1. The molecule has 0 saturated carbocycles. The second-order valence-corrected chi connectivity index (χ2v) is 8.39. The summed E-state index contributed by atoms with van der Waals surface area (Å²) in [6.45, 7) is 12.0. The number of nitrogens with zero attached hydrogens (tertiary/aromatic N) is 3. The molecule has 2 aromatic heterocycles. The Kier molecular flexibility index (Phi) is 5.70. The molecule has 32 heavy (non-hydrogen) atoms. The molecule has 6 nitrogen and oxygen atoms in total. The lowest BCUT2D eigenvalue weighted by molar-refractivity contribution is -0.118. The van der Waals surface area contributed by atoms with Crippen molar-refractivity contribution < 1.29 is 9.53 Å². The van der Waals surface area contributed by atoms with E-state index in [0.29, 0.717) is 11.6 Å². The molecule has 0 aliphatic rings. The van der Waals surface area contributed by atoms with Gasteiger partial charge in [0, 0.05) is 11.5 Å². The van der Waals surface area contributed by atoms with Crippen LogP contribution in [0.4, 0.5) is 5.82 Å². The zero-order chi connectivity index (χ0) is 23.0. The van der Waals surface area contributed by atoms with E-state index in [1.165, 1.54) is 0 Å². The van der Waals surface area contributed by atoms with Crippen LogP contribution in [0.2, 0.25) is 0 Å². The fourth-order valence-electron chi connectivity index (χ4n) is 3.89. The molecule has 0 unspecified atom stereocenters. The Morgan fingerprint density at radius 1 is 0.969 bits per heavy atom. The van der Waals surface area contributed by atoms with Crippen molar-refractivity contribution in [1.29, 1.82) is 0 Å². The highest BCUT2D eigenvalue weighted by Crippen LogP contribution is 2.25. The van der Waals surface area contributed by atoms with Crippen molar-refractivity contribution in [3.63, 3.8) is 0 Å².